The van der Waals surface area contributed by atoms with Crippen LogP contribution in [0.4, 0.5) is 0 Å². The molecule has 5 nitrogen and oxygen atoms in total. The fourth-order valence-corrected chi connectivity index (χ4v) is 1.55. The third-order valence-electron chi connectivity index (χ3n) is 2.08. The lowest BCUT2D eigenvalue weighted by atomic mass is 9.82. The summed E-state index contributed by atoms with van der Waals surface area (Å²) < 4.78 is 1.53. The summed E-state index contributed by atoms with van der Waals surface area (Å²) in [7, 11) is -1.57. The van der Waals surface area contributed by atoms with Crippen molar-refractivity contribution in [1.82, 2.24) is 14.8 Å². The minimum absolute atomic E-state index is 0.248. The Morgan fingerprint density at radius 3 is 2.69 bits per heavy atom. The van der Waals surface area contributed by atoms with Gasteiger partial charge in [0.25, 0.3) is 0 Å². The fraction of sp³-hybridized carbons (Fsp3) is 0.111. The maximum absolute atomic E-state index is 8.95. The van der Waals surface area contributed by atoms with Crippen LogP contribution in [0.2, 0.25) is 5.02 Å². The second-order valence-electron chi connectivity index (χ2n) is 3.35. The van der Waals surface area contributed by atoms with Crippen molar-refractivity contribution in [2.24, 2.45) is 0 Å². The van der Waals surface area contributed by atoms with Crippen LogP contribution in [0, 0.1) is 6.92 Å². The molecule has 0 aliphatic carbocycles. The van der Waals surface area contributed by atoms with Crippen LogP contribution in [0.3, 0.4) is 0 Å². The summed E-state index contributed by atoms with van der Waals surface area (Å²) >= 11 is 5.97. The van der Waals surface area contributed by atoms with E-state index < -0.39 is 7.12 Å². The van der Waals surface area contributed by atoms with Gasteiger partial charge in [-0.15, -0.1) is 0 Å². The number of hydrogen-bond donors (Lipinski definition) is 2. The van der Waals surface area contributed by atoms with E-state index >= 15 is 0 Å². The number of halogens is 1. The van der Waals surface area contributed by atoms with Crippen molar-refractivity contribution in [3.63, 3.8) is 0 Å². The standard InChI is InChI=1S/C9H9BClN3O2/c1-6-2-3-14(13-6)9-8(11)4-7(5-12-9)10(15)16/h2-5,15-16H,1H3. The van der Waals surface area contributed by atoms with Crippen molar-refractivity contribution in [2.75, 3.05) is 0 Å². The number of nitrogens with zero attached hydrogens (tertiary/aromatic N) is 3. The molecule has 0 aliphatic heterocycles. The molecule has 0 fully saturated rings. The molecular weight excluding hydrogens is 228 g/mol. The highest BCUT2D eigenvalue weighted by molar-refractivity contribution is 6.58. The van der Waals surface area contributed by atoms with E-state index in [4.69, 9.17) is 21.6 Å². The van der Waals surface area contributed by atoms with Gasteiger partial charge in [0.15, 0.2) is 5.82 Å². The largest absolute Gasteiger partial charge is 0.490 e. The van der Waals surface area contributed by atoms with Crippen molar-refractivity contribution in [2.45, 2.75) is 6.92 Å². The number of rotatable bonds is 2. The van der Waals surface area contributed by atoms with E-state index in [0.717, 1.165) is 5.69 Å². The molecule has 0 saturated carbocycles. The number of aromatic nitrogens is 3. The molecule has 0 amide bonds. The Kier molecular flexibility index (Phi) is 2.96. The van der Waals surface area contributed by atoms with Crippen LogP contribution in [0.5, 0.6) is 0 Å². The molecule has 0 aliphatic rings. The summed E-state index contributed by atoms with van der Waals surface area (Å²) in [5.74, 6) is 0.458. The van der Waals surface area contributed by atoms with Gasteiger partial charge < -0.3 is 10.0 Å². The van der Waals surface area contributed by atoms with Crippen LogP contribution in [-0.2, 0) is 0 Å². The Hall–Kier alpha value is -1.37. The van der Waals surface area contributed by atoms with Crippen LogP contribution >= 0.6 is 11.6 Å². The van der Waals surface area contributed by atoms with Crippen LogP contribution in [0.1, 0.15) is 5.69 Å². The molecule has 2 aromatic rings. The van der Waals surface area contributed by atoms with Gasteiger partial charge in [-0.05, 0) is 19.1 Å². The van der Waals surface area contributed by atoms with E-state index in [-0.39, 0.29) is 5.46 Å². The molecule has 2 heterocycles. The predicted octanol–water partition coefficient (Wildman–Crippen LogP) is -0.0911. The summed E-state index contributed by atoms with van der Waals surface area (Å²) in [4.78, 5) is 4.03. The minimum Gasteiger partial charge on any atom is -0.423 e. The number of pyridine rings is 1. The average Bonchev–Trinajstić information content (AvgIpc) is 2.64. The van der Waals surface area contributed by atoms with Crippen molar-refractivity contribution in [3.8, 4) is 5.82 Å². The summed E-state index contributed by atoms with van der Waals surface area (Å²) in [5, 5.41) is 22.4. The Morgan fingerprint density at radius 1 is 1.44 bits per heavy atom. The topological polar surface area (TPSA) is 71.2 Å². The van der Waals surface area contributed by atoms with Gasteiger partial charge in [0.1, 0.15) is 0 Å². The molecule has 0 bridgehead atoms. The Morgan fingerprint density at radius 2 is 2.19 bits per heavy atom. The van der Waals surface area contributed by atoms with Crippen molar-refractivity contribution in [1.29, 1.82) is 0 Å². The SMILES string of the molecule is Cc1ccn(-c2ncc(B(O)O)cc2Cl)n1. The maximum Gasteiger partial charge on any atom is 0.490 e. The van der Waals surface area contributed by atoms with Crippen molar-refractivity contribution >= 4 is 24.2 Å². The van der Waals surface area contributed by atoms with E-state index in [2.05, 4.69) is 10.1 Å². The quantitative estimate of drug-likeness (QED) is 0.716. The molecule has 7 heteroatoms. The minimum atomic E-state index is -1.57. The zero-order valence-corrected chi connectivity index (χ0v) is 9.26. The van der Waals surface area contributed by atoms with Crippen LogP contribution < -0.4 is 5.46 Å². The highest BCUT2D eigenvalue weighted by Crippen LogP contribution is 2.15. The zero-order valence-electron chi connectivity index (χ0n) is 8.50. The predicted molar refractivity (Wildman–Crippen MR) is 60.9 cm³/mol. The third kappa shape index (κ3) is 2.09. The van der Waals surface area contributed by atoms with Crippen LogP contribution in [0.25, 0.3) is 5.82 Å². The summed E-state index contributed by atoms with van der Waals surface area (Å²) in [5.41, 5.74) is 1.10. The summed E-state index contributed by atoms with van der Waals surface area (Å²) in [6.45, 7) is 1.86. The fourth-order valence-electron chi connectivity index (χ4n) is 1.29. The molecule has 2 rings (SSSR count). The lowest BCUT2D eigenvalue weighted by Crippen LogP contribution is -2.30. The first-order valence-electron chi connectivity index (χ1n) is 4.62. The maximum atomic E-state index is 8.95. The van der Waals surface area contributed by atoms with Gasteiger partial charge in [0, 0.05) is 17.9 Å². The molecule has 2 N–H and O–H groups in total. The van der Waals surface area contributed by atoms with E-state index in [9.17, 15) is 0 Å². The van der Waals surface area contributed by atoms with Gasteiger partial charge in [0.2, 0.25) is 0 Å². The Labute approximate surface area is 97.5 Å². The van der Waals surface area contributed by atoms with Crippen molar-refractivity contribution in [3.05, 3.63) is 35.2 Å². The summed E-state index contributed by atoms with van der Waals surface area (Å²) in [6.07, 6.45) is 3.08. The Balaban J connectivity index is 2.44. The monoisotopic (exact) mass is 237 g/mol. The normalized spacial score (nSPS) is 10.5. The molecule has 0 aromatic carbocycles. The molecule has 0 unspecified atom stereocenters. The van der Waals surface area contributed by atoms with E-state index in [1.807, 2.05) is 13.0 Å². The molecule has 82 valence electrons. The van der Waals surface area contributed by atoms with Gasteiger partial charge in [-0.1, -0.05) is 11.6 Å². The van der Waals surface area contributed by atoms with E-state index in [1.165, 1.54) is 16.9 Å². The molecule has 0 radical (unpaired) electrons. The molecule has 0 spiro atoms. The molecule has 16 heavy (non-hydrogen) atoms. The first-order chi connectivity index (χ1) is 7.58. The third-order valence-corrected chi connectivity index (χ3v) is 2.36. The highest BCUT2D eigenvalue weighted by atomic mass is 35.5. The van der Waals surface area contributed by atoms with E-state index in [0.29, 0.717) is 10.8 Å². The van der Waals surface area contributed by atoms with Gasteiger partial charge in [-0.3, -0.25) is 0 Å². The lowest BCUT2D eigenvalue weighted by molar-refractivity contribution is 0.425. The average molecular weight is 237 g/mol. The van der Waals surface area contributed by atoms with Gasteiger partial charge in [-0.2, -0.15) is 5.10 Å². The molecule has 0 saturated heterocycles. The molecule has 0 atom stereocenters. The van der Waals surface area contributed by atoms with Crippen LogP contribution in [0.15, 0.2) is 24.5 Å². The van der Waals surface area contributed by atoms with Crippen molar-refractivity contribution < 1.29 is 10.0 Å². The number of hydrogen-bond acceptors (Lipinski definition) is 4. The number of aryl methyl sites for hydroxylation is 1. The zero-order chi connectivity index (χ0) is 11.7. The van der Waals surface area contributed by atoms with Gasteiger partial charge in [-0.25, -0.2) is 9.67 Å². The highest BCUT2D eigenvalue weighted by Gasteiger charge is 2.14. The van der Waals surface area contributed by atoms with Gasteiger partial charge in [0.05, 0.1) is 10.7 Å². The molecule has 2 aromatic heterocycles. The first kappa shape index (κ1) is 11.1. The molecular formula is C9H9BClN3O2. The smallest absolute Gasteiger partial charge is 0.423 e. The second-order valence-corrected chi connectivity index (χ2v) is 3.76. The Bertz CT molecular complexity index is 515. The van der Waals surface area contributed by atoms with E-state index in [1.54, 1.807) is 6.20 Å². The first-order valence-corrected chi connectivity index (χ1v) is 5.00. The summed E-state index contributed by atoms with van der Waals surface area (Å²) in [6, 6.07) is 3.28. The van der Waals surface area contributed by atoms with Gasteiger partial charge >= 0.3 is 7.12 Å². The van der Waals surface area contributed by atoms with Crippen LogP contribution in [-0.4, -0.2) is 31.9 Å². The second kappa shape index (κ2) is 4.25. The lowest BCUT2D eigenvalue weighted by Gasteiger charge is -2.05.